The highest BCUT2D eigenvalue weighted by Crippen LogP contribution is 2.12. The number of hydrogen-bond acceptors (Lipinski definition) is 3. The zero-order chi connectivity index (χ0) is 14.8. The van der Waals surface area contributed by atoms with Crippen LogP contribution in [0.4, 0.5) is 4.39 Å². The van der Waals surface area contributed by atoms with Crippen molar-refractivity contribution in [1.29, 1.82) is 0 Å². The van der Waals surface area contributed by atoms with Crippen LogP contribution in [0.5, 0.6) is 0 Å². The molecule has 20 heavy (non-hydrogen) atoms. The van der Waals surface area contributed by atoms with Crippen molar-refractivity contribution in [3.05, 3.63) is 35.1 Å². The largest absolute Gasteiger partial charge is 0.385 e. The number of nitrogens with one attached hydrogen (secondary N) is 1. The molecule has 0 amide bonds. The van der Waals surface area contributed by atoms with Gasteiger partial charge in [-0.1, -0.05) is 19.9 Å². The lowest BCUT2D eigenvalue weighted by Crippen LogP contribution is -2.19. The third-order valence-electron chi connectivity index (χ3n) is 2.89. The van der Waals surface area contributed by atoms with Gasteiger partial charge >= 0.3 is 0 Å². The maximum absolute atomic E-state index is 13.7. The summed E-state index contributed by atoms with van der Waals surface area (Å²) in [6.45, 7) is 7.61. The van der Waals surface area contributed by atoms with Crippen LogP contribution in [-0.2, 0) is 22.6 Å². The zero-order valence-electron chi connectivity index (χ0n) is 12.7. The van der Waals surface area contributed by atoms with E-state index in [1.807, 2.05) is 12.1 Å². The summed E-state index contributed by atoms with van der Waals surface area (Å²) in [7, 11) is 1.66. The van der Waals surface area contributed by atoms with Gasteiger partial charge in [0.25, 0.3) is 0 Å². The summed E-state index contributed by atoms with van der Waals surface area (Å²) in [5, 5.41) is 3.35. The first kappa shape index (κ1) is 17.1. The molecule has 0 aliphatic rings. The van der Waals surface area contributed by atoms with Crippen LogP contribution in [0.3, 0.4) is 0 Å². The Hall–Kier alpha value is -0.970. The van der Waals surface area contributed by atoms with Crippen LogP contribution in [0.2, 0.25) is 0 Å². The van der Waals surface area contributed by atoms with E-state index in [2.05, 4.69) is 19.2 Å². The summed E-state index contributed by atoms with van der Waals surface area (Å²) >= 11 is 0. The van der Waals surface area contributed by atoms with Crippen LogP contribution in [0.15, 0.2) is 18.2 Å². The molecule has 0 saturated heterocycles. The maximum atomic E-state index is 13.7. The smallest absolute Gasteiger partial charge is 0.128 e. The van der Waals surface area contributed by atoms with Crippen molar-refractivity contribution < 1.29 is 13.9 Å². The van der Waals surface area contributed by atoms with Gasteiger partial charge < -0.3 is 14.8 Å². The fourth-order valence-corrected chi connectivity index (χ4v) is 1.84. The number of benzene rings is 1. The van der Waals surface area contributed by atoms with Crippen LogP contribution >= 0.6 is 0 Å². The van der Waals surface area contributed by atoms with Crippen molar-refractivity contribution >= 4 is 0 Å². The van der Waals surface area contributed by atoms with E-state index < -0.39 is 0 Å². The lowest BCUT2D eigenvalue weighted by Gasteiger charge is -2.10. The molecular formula is C16H26FNO2. The number of rotatable bonds is 10. The Morgan fingerprint density at radius 1 is 1.25 bits per heavy atom. The lowest BCUT2D eigenvalue weighted by molar-refractivity contribution is 0.0912. The van der Waals surface area contributed by atoms with Gasteiger partial charge in [-0.25, -0.2) is 4.39 Å². The molecule has 0 heterocycles. The van der Waals surface area contributed by atoms with Crippen molar-refractivity contribution in [2.45, 2.75) is 33.4 Å². The minimum atomic E-state index is -0.204. The fourth-order valence-electron chi connectivity index (χ4n) is 1.84. The number of hydrogen-bond donors (Lipinski definition) is 1. The molecule has 1 aromatic rings. The first-order valence-electron chi connectivity index (χ1n) is 7.18. The van der Waals surface area contributed by atoms with Crippen LogP contribution in [0, 0.1) is 11.7 Å². The molecule has 114 valence electrons. The second-order valence-electron chi connectivity index (χ2n) is 5.35. The average molecular weight is 283 g/mol. The van der Waals surface area contributed by atoms with Crippen molar-refractivity contribution in [3.63, 3.8) is 0 Å². The summed E-state index contributed by atoms with van der Waals surface area (Å²) < 4.78 is 24.1. The topological polar surface area (TPSA) is 30.5 Å². The summed E-state index contributed by atoms with van der Waals surface area (Å²) in [5.74, 6) is 0.406. The molecule has 0 spiro atoms. The molecule has 4 heteroatoms. The van der Waals surface area contributed by atoms with E-state index in [1.165, 1.54) is 6.07 Å². The average Bonchev–Trinajstić information content (AvgIpc) is 2.41. The molecule has 0 bridgehead atoms. The predicted molar refractivity (Wildman–Crippen MR) is 79.1 cm³/mol. The van der Waals surface area contributed by atoms with Gasteiger partial charge in [0, 0.05) is 32.4 Å². The van der Waals surface area contributed by atoms with Crippen LogP contribution < -0.4 is 5.32 Å². The Balaban J connectivity index is 2.40. The molecule has 0 fully saturated rings. The second kappa shape index (κ2) is 9.86. The quantitative estimate of drug-likeness (QED) is 0.669. The fraction of sp³-hybridized carbons (Fsp3) is 0.625. The van der Waals surface area contributed by atoms with Gasteiger partial charge in [-0.2, -0.15) is 0 Å². The third kappa shape index (κ3) is 6.98. The highest BCUT2D eigenvalue weighted by Gasteiger charge is 2.04. The van der Waals surface area contributed by atoms with E-state index in [9.17, 15) is 4.39 Å². The molecule has 1 aromatic carbocycles. The number of halogens is 1. The van der Waals surface area contributed by atoms with Crippen molar-refractivity contribution in [2.24, 2.45) is 5.92 Å². The Kier molecular flexibility index (Phi) is 8.42. The SMILES string of the molecule is COCCCOCc1cc(CNCC(C)C)ccc1F. The number of ether oxygens (including phenoxy) is 2. The highest BCUT2D eigenvalue weighted by molar-refractivity contribution is 5.24. The minimum absolute atomic E-state index is 0.204. The van der Waals surface area contributed by atoms with E-state index in [1.54, 1.807) is 7.11 Å². The van der Waals surface area contributed by atoms with Gasteiger partial charge in [0.15, 0.2) is 0 Å². The Morgan fingerprint density at radius 2 is 2.05 bits per heavy atom. The van der Waals surface area contributed by atoms with Gasteiger partial charge in [0.1, 0.15) is 5.82 Å². The standard InChI is InChI=1S/C16H26FNO2/c1-13(2)10-18-11-14-5-6-16(17)15(9-14)12-20-8-4-7-19-3/h5-6,9,13,18H,4,7-8,10-12H2,1-3H3. The molecule has 1 rings (SSSR count). The summed E-state index contributed by atoms with van der Waals surface area (Å²) in [6, 6.07) is 5.20. The Morgan fingerprint density at radius 3 is 2.75 bits per heavy atom. The molecule has 0 saturated carbocycles. The molecule has 1 N–H and O–H groups in total. The second-order valence-corrected chi connectivity index (χ2v) is 5.35. The molecule has 0 radical (unpaired) electrons. The first-order chi connectivity index (χ1) is 9.63. The van der Waals surface area contributed by atoms with E-state index in [0.29, 0.717) is 31.3 Å². The predicted octanol–water partition coefficient (Wildman–Crippen LogP) is 3.12. The zero-order valence-corrected chi connectivity index (χ0v) is 12.7. The van der Waals surface area contributed by atoms with E-state index in [4.69, 9.17) is 9.47 Å². The van der Waals surface area contributed by atoms with Crippen LogP contribution in [0.25, 0.3) is 0 Å². The minimum Gasteiger partial charge on any atom is -0.385 e. The van der Waals surface area contributed by atoms with Crippen molar-refractivity contribution in [1.82, 2.24) is 5.32 Å². The Bertz CT molecular complexity index is 383. The molecule has 3 nitrogen and oxygen atoms in total. The number of methoxy groups -OCH3 is 1. The van der Waals surface area contributed by atoms with Gasteiger partial charge in [-0.05, 0) is 36.6 Å². The summed E-state index contributed by atoms with van der Waals surface area (Å²) in [6.07, 6.45) is 0.827. The normalized spacial score (nSPS) is 11.2. The van der Waals surface area contributed by atoms with Crippen molar-refractivity contribution in [3.8, 4) is 0 Å². The highest BCUT2D eigenvalue weighted by atomic mass is 19.1. The van der Waals surface area contributed by atoms with E-state index in [-0.39, 0.29) is 5.82 Å². The molecule has 0 aliphatic carbocycles. The van der Waals surface area contributed by atoms with Crippen LogP contribution in [0.1, 0.15) is 31.4 Å². The van der Waals surface area contributed by atoms with E-state index in [0.717, 1.165) is 25.1 Å². The molecule has 0 atom stereocenters. The van der Waals surface area contributed by atoms with Gasteiger partial charge in [0.2, 0.25) is 0 Å². The lowest BCUT2D eigenvalue weighted by atomic mass is 10.1. The summed E-state index contributed by atoms with van der Waals surface area (Å²) in [4.78, 5) is 0. The molecular weight excluding hydrogens is 257 g/mol. The van der Waals surface area contributed by atoms with E-state index >= 15 is 0 Å². The Labute approximate surface area is 121 Å². The molecule has 0 unspecified atom stereocenters. The van der Waals surface area contributed by atoms with Crippen LogP contribution in [-0.4, -0.2) is 26.9 Å². The third-order valence-corrected chi connectivity index (χ3v) is 2.89. The van der Waals surface area contributed by atoms with Crippen molar-refractivity contribution in [2.75, 3.05) is 26.9 Å². The van der Waals surface area contributed by atoms with Gasteiger partial charge in [-0.3, -0.25) is 0 Å². The molecule has 0 aromatic heterocycles. The maximum Gasteiger partial charge on any atom is 0.128 e. The van der Waals surface area contributed by atoms with Gasteiger partial charge in [-0.15, -0.1) is 0 Å². The first-order valence-corrected chi connectivity index (χ1v) is 7.18. The summed E-state index contributed by atoms with van der Waals surface area (Å²) in [5.41, 5.74) is 1.70. The molecule has 0 aliphatic heterocycles. The monoisotopic (exact) mass is 283 g/mol. The van der Waals surface area contributed by atoms with Gasteiger partial charge in [0.05, 0.1) is 6.61 Å².